The molecule has 0 spiro atoms. The van der Waals surface area contributed by atoms with Crippen LogP contribution >= 0.6 is 0 Å². The molecule has 3 aliphatic heterocycles. The first-order valence-corrected chi connectivity index (χ1v) is 10.5. The standard InChI is InChI=1S/C22H26N4O2/c1-15-14-16-8-2-3-9-17(16)26(15)22(28)20-23-19(18-10-4-5-13-25(18)20)21(27)24-11-6-7-12-24/h2-3,8-9,15H,4-7,10-14H2,1H3. The van der Waals surface area contributed by atoms with Crippen molar-refractivity contribution in [3.05, 3.63) is 47.0 Å². The second-order valence-electron chi connectivity index (χ2n) is 8.20. The molecule has 0 N–H and O–H groups in total. The number of anilines is 1. The summed E-state index contributed by atoms with van der Waals surface area (Å²) in [5.41, 5.74) is 3.62. The lowest BCUT2D eigenvalue weighted by Gasteiger charge is -2.24. The predicted octanol–water partition coefficient (Wildman–Crippen LogP) is 3.05. The molecule has 2 aromatic rings. The van der Waals surface area contributed by atoms with Gasteiger partial charge in [-0.25, -0.2) is 4.98 Å². The number of carbonyl (C=O) groups is 2. The molecule has 6 nitrogen and oxygen atoms in total. The summed E-state index contributed by atoms with van der Waals surface area (Å²) < 4.78 is 2.02. The number of rotatable bonds is 2. The second kappa shape index (κ2) is 6.76. The van der Waals surface area contributed by atoms with E-state index in [1.165, 1.54) is 5.56 Å². The van der Waals surface area contributed by atoms with E-state index >= 15 is 0 Å². The van der Waals surface area contributed by atoms with Crippen LogP contribution in [0, 0.1) is 0 Å². The Hall–Kier alpha value is -2.63. The molecule has 1 atom stereocenters. The molecule has 5 rings (SSSR count). The Labute approximate surface area is 165 Å². The van der Waals surface area contributed by atoms with Gasteiger partial charge in [-0.3, -0.25) is 9.59 Å². The minimum absolute atomic E-state index is 0.00271. The first-order chi connectivity index (χ1) is 13.6. The lowest BCUT2D eigenvalue weighted by molar-refractivity contribution is 0.0786. The molecule has 1 fully saturated rings. The van der Waals surface area contributed by atoms with E-state index < -0.39 is 0 Å². The molecular weight excluding hydrogens is 352 g/mol. The van der Waals surface area contributed by atoms with Crippen molar-refractivity contribution in [3.8, 4) is 0 Å². The molecule has 0 bridgehead atoms. The number of benzene rings is 1. The highest BCUT2D eigenvalue weighted by molar-refractivity contribution is 6.07. The van der Waals surface area contributed by atoms with Crippen molar-refractivity contribution in [1.29, 1.82) is 0 Å². The lowest BCUT2D eigenvalue weighted by Crippen LogP contribution is -2.37. The zero-order chi connectivity index (χ0) is 19.3. The van der Waals surface area contributed by atoms with E-state index in [1.54, 1.807) is 0 Å². The van der Waals surface area contributed by atoms with Gasteiger partial charge < -0.3 is 14.4 Å². The van der Waals surface area contributed by atoms with Crippen LogP contribution < -0.4 is 4.90 Å². The van der Waals surface area contributed by atoms with E-state index in [0.717, 1.165) is 69.5 Å². The molecule has 0 aliphatic carbocycles. The Bertz CT molecular complexity index is 942. The van der Waals surface area contributed by atoms with Gasteiger partial charge in [0, 0.05) is 31.4 Å². The molecule has 0 saturated carbocycles. The number of hydrogen-bond donors (Lipinski definition) is 0. The van der Waals surface area contributed by atoms with Gasteiger partial charge in [0.05, 0.1) is 5.69 Å². The maximum absolute atomic E-state index is 13.6. The molecule has 146 valence electrons. The minimum Gasteiger partial charge on any atom is -0.337 e. The number of aromatic nitrogens is 2. The van der Waals surface area contributed by atoms with Crippen LogP contribution in [-0.2, 0) is 19.4 Å². The van der Waals surface area contributed by atoms with Gasteiger partial charge >= 0.3 is 0 Å². The summed E-state index contributed by atoms with van der Waals surface area (Å²) in [5, 5.41) is 0. The van der Waals surface area contributed by atoms with Gasteiger partial charge in [0.1, 0.15) is 5.69 Å². The molecule has 6 heteroatoms. The number of carbonyl (C=O) groups excluding carboxylic acids is 2. The van der Waals surface area contributed by atoms with E-state index in [-0.39, 0.29) is 17.9 Å². The Morgan fingerprint density at radius 2 is 1.75 bits per heavy atom. The summed E-state index contributed by atoms with van der Waals surface area (Å²) in [6, 6.07) is 8.18. The molecule has 1 saturated heterocycles. The molecule has 2 amide bonds. The van der Waals surface area contributed by atoms with Crippen molar-refractivity contribution in [3.63, 3.8) is 0 Å². The SMILES string of the molecule is CC1Cc2ccccc2N1C(=O)c1nc(C(=O)N2CCCC2)c2n1CCCC2. The molecule has 4 heterocycles. The largest absolute Gasteiger partial charge is 0.337 e. The molecule has 0 radical (unpaired) electrons. The lowest BCUT2D eigenvalue weighted by atomic mass is 10.1. The number of amides is 2. The van der Waals surface area contributed by atoms with Gasteiger partial charge in [0.15, 0.2) is 0 Å². The highest BCUT2D eigenvalue weighted by atomic mass is 16.2. The van der Waals surface area contributed by atoms with Gasteiger partial charge in [0.25, 0.3) is 11.8 Å². The van der Waals surface area contributed by atoms with E-state index in [1.807, 2.05) is 32.6 Å². The Balaban J connectivity index is 1.55. The summed E-state index contributed by atoms with van der Waals surface area (Å²) in [6.45, 7) is 4.44. The third kappa shape index (κ3) is 2.65. The summed E-state index contributed by atoms with van der Waals surface area (Å²) in [4.78, 5) is 35.1. The van der Waals surface area contributed by atoms with Crippen LogP contribution in [0.1, 0.15) is 65.0 Å². The zero-order valence-electron chi connectivity index (χ0n) is 16.4. The fourth-order valence-electron chi connectivity index (χ4n) is 4.93. The fourth-order valence-corrected chi connectivity index (χ4v) is 4.93. The van der Waals surface area contributed by atoms with Crippen molar-refractivity contribution in [2.24, 2.45) is 0 Å². The fraction of sp³-hybridized carbons (Fsp3) is 0.500. The number of imidazole rings is 1. The Morgan fingerprint density at radius 1 is 1.00 bits per heavy atom. The molecule has 1 aromatic carbocycles. The number of hydrogen-bond acceptors (Lipinski definition) is 3. The third-order valence-corrected chi connectivity index (χ3v) is 6.33. The van der Waals surface area contributed by atoms with Crippen LogP contribution in [0.15, 0.2) is 24.3 Å². The van der Waals surface area contributed by atoms with Crippen molar-refractivity contribution < 1.29 is 9.59 Å². The first kappa shape index (κ1) is 17.5. The summed E-state index contributed by atoms with van der Waals surface area (Å²) in [5.74, 6) is 0.346. The van der Waals surface area contributed by atoms with Crippen molar-refractivity contribution in [1.82, 2.24) is 14.5 Å². The average Bonchev–Trinajstić information content (AvgIpc) is 3.43. The van der Waals surface area contributed by atoms with Crippen molar-refractivity contribution in [2.75, 3.05) is 18.0 Å². The normalized spacial score (nSPS) is 21.0. The quantitative estimate of drug-likeness (QED) is 0.807. The highest BCUT2D eigenvalue weighted by Crippen LogP contribution is 2.34. The number of likely N-dealkylation sites (tertiary alicyclic amines) is 1. The third-order valence-electron chi connectivity index (χ3n) is 6.33. The van der Waals surface area contributed by atoms with Gasteiger partial charge in [0.2, 0.25) is 5.82 Å². The van der Waals surface area contributed by atoms with Crippen molar-refractivity contribution >= 4 is 17.5 Å². The van der Waals surface area contributed by atoms with Crippen LogP contribution in [-0.4, -0.2) is 45.4 Å². The van der Waals surface area contributed by atoms with E-state index in [4.69, 9.17) is 0 Å². The summed E-state index contributed by atoms with van der Waals surface area (Å²) in [7, 11) is 0. The monoisotopic (exact) mass is 378 g/mol. The highest BCUT2D eigenvalue weighted by Gasteiger charge is 2.36. The van der Waals surface area contributed by atoms with E-state index in [0.29, 0.717) is 11.5 Å². The maximum atomic E-state index is 13.6. The van der Waals surface area contributed by atoms with Gasteiger partial charge in [-0.15, -0.1) is 0 Å². The zero-order valence-corrected chi connectivity index (χ0v) is 16.4. The molecule has 3 aliphatic rings. The number of para-hydroxylation sites is 1. The maximum Gasteiger partial charge on any atom is 0.294 e. The van der Waals surface area contributed by atoms with E-state index in [9.17, 15) is 9.59 Å². The van der Waals surface area contributed by atoms with Crippen LogP contribution in [0.25, 0.3) is 0 Å². The molecule has 1 aromatic heterocycles. The summed E-state index contributed by atoms with van der Waals surface area (Å²) in [6.07, 6.45) is 5.84. The molecule has 28 heavy (non-hydrogen) atoms. The smallest absolute Gasteiger partial charge is 0.294 e. The number of fused-ring (bicyclic) bond motifs is 2. The van der Waals surface area contributed by atoms with Crippen molar-refractivity contribution in [2.45, 2.75) is 58.0 Å². The average molecular weight is 378 g/mol. The predicted molar refractivity (Wildman–Crippen MR) is 107 cm³/mol. The van der Waals surface area contributed by atoms with Gasteiger partial charge in [-0.2, -0.15) is 0 Å². The molecule has 1 unspecified atom stereocenters. The second-order valence-corrected chi connectivity index (χ2v) is 8.20. The summed E-state index contributed by atoms with van der Waals surface area (Å²) >= 11 is 0. The minimum atomic E-state index is -0.0823. The van der Waals surface area contributed by atoms with Gasteiger partial charge in [-0.05, 0) is 57.1 Å². The number of nitrogens with zero attached hydrogens (tertiary/aromatic N) is 4. The first-order valence-electron chi connectivity index (χ1n) is 10.5. The van der Waals surface area contributed by atoms with Crippen LogP contribution in [0.3, 0.4) is 0 Å². The topological polar surface area (TPSA) is 58.4 Å². The Morgan fingerprint density at radius 3 is 2.57 bits per heavy atom. The van der Waals surface area contributed by atoms with Gasteiger partial charge in [-0.1, -0.05) is 18.2 Å². The van der Waals surface area contributed by atoms with Crippen LogP contribution in [0.4, 0.5) is 5.69 Å². The Kier molecular flexibility index (Phi) is 4.22. The molecular formula is C22H26N4O2. The van der Waals surface area contributed by atoms with Crippen LogP contribution in [0.5, 0.6) is 0 Å². The van der Waals surface area contributed by atoms with Crippen LogP contribution in [0.2, 0.25) is 0 Å². The van der Waals surface area contributed by atoms with E-state index in [2.05, 4.69) is 18.0 Å².